The molecular weight excluding hydrogens is 186 g/mol. The zero-order chi connectivity index (χ0) is 9.90. The van der Waals surface area contributed by atoms with Crippen molar-refractivity contribution >= 4 is 9.84 Å². The maximum absolute atomic E-state index is 11.3. The molecule has 2 unspecified atom stereocenters. The van der Waals surface area contributed by atoms with Crippen LogP contribution in [0.1, 0.15) is 32.6 Å². The van der Waals surface area contributed by atoms with E-state index in [9.17, 15) is 8.42 Å². The fraction of sp³-hybridized carbons (Fsp3) is 1.00. The van der Waals surface area contributed by atoms with Gasteiger partial charge in [-0.3, -0.25) is 0 Å². The summed E-state index contributed by atoms with van der Waals surface area (Å²) >= 11 is 0. The second kappa shape index (κ2) is 4.42. The Morgan fingerprint density at radius 2 is 2.00 bits per heavy atom. The van der Waals surface area contributed by atoms with Crippen LogP contribution < -0.4 is 5.73 Å². The maximum Gasteiger partial charge on any atom is 0.150 e. The van der Waals surface area contributed by atoms with Crippen LogP contribution in [-0.2, 0) is 9.84 Å². The van der Waals surface area contributed by atoms with E-state index in [0.29, 0.717) is 17.4 Å². The minimum absolute atomic E-state index is 0.261. The molecule has 78 valence electrons. The molecule has 4 heteroatoms. The third-order valence-electron chi connectivity index (χ3n) is 2.79. The monoisotopic (exact) mass is 205 g/mol. The lowest BCUT2D eigenvalue weighted by atomic mass is 9.79. The van der Waals surface area contributed by atoms with Gasteiger partial charge in [-0.05, 0) is 31.6 Å². The Labute approximate surface area is 80.6 Å². The molecule has 3 nitrogen and oxygen atoms in total. The SMILES string of the molecule is CCCS(=O)(=O)CCC1CCC1N. The molecule has 2 N–H and O–H groups in total. The summed E-state index contributed by atoms with van der Waals surface area (Å²) in [5.41, 5.74) is 5.73. The predicted octanol–water partition coefficient (Wildman–Crippen LogP) is 0.939. The van der Waals surface area contributed by atoms with Crippen LogP contribution in [0.2, 0.25) is 0 Å². The Hall–Kier alpha value is -0.0900. The van der Waals surface area contributed by atoms with Gasteiger partial charge in [0.15, 0.2) is 0 Å². The van der Waals surface area contributed by atoms with Gasteiger partial charge in [-0.1, -0.05) is 6.92 Å². The Balaban J connectivity index is 2.25. The van der Waals surface area contributed by atoms with Crippen LogP contribution in [0.15, 0.2) is 0 Å². The first kappa shape index (κ1) is 11.0. The largest absolute Gasteiger partial charge is 0.327 e. The zero-order valence-corrected chi connectivity index (χ0v) is 9.02. The van der Waals surface area contributed by atoms with E-state index >= 15 is 0 Å². The van der Waals surface area contributed by atoms with Crippen molar-refractivity contribution in [2.45, 2.75) is 38.6 Å². The average Bonchev–Trinajstić information content (AvgIpc) is 2.01. The van der Waals surface area contributed by atoms with Crippen LogP contribution in [-0.4, -0.2) is 26.0 Å². The Kier molecular flexibility index (Phi) is 3.74. The topological polar surface area (TPSA) is 60.2 Å². The van der Waals surface area contributed by atoms with Crippen LogP contribution in [0.25, 0.3) is 0 Å². The van der Waals surface area contributed by atoms with Crippen molar-refractivity contribution < 1.29 is 8.42 Å². The fourth-order valence-electron chi connectivity index (χ4n) is 1.70. The summed E-state index contributed by atoms with van der Waals surface area (Å²) in [5.74, 6) is 1.13. The number of hydrogen-bond acceptors (Lipinski definition) is 3. The quantitative estimate of drug-likeness (QED) is 0.726. The molecule has 0 aromatic carbocycles. The molecule has 0 aromatic heterocycles. The van der Waals surface area contributed by atoms with Crippen molar-refractivity contribution in [1.82, 2.24) is 0 Å². The third kappa shape index (κ3) is 3.27. The van der Waals surface area contributed by atoms with Crippen LogP contribution >= 0.6 is 0 Å². The lowest BCUT2D eigenvalue weighted by Crippen LogP contribution is -2.40. The summed E-state index contributed by atoms with van der Waals surface area (Å²) in [7, 11) is -2.78. The van der Waals surface area contributed by atoms with Crippen LogP contribution in [0.4, 0.5) is 0 Å². The molecule has 13 heavy (non-hydrogen) atoms. The Morgan fingerprint density at radius 1 is 1.31 bits per heavy atom. The van der Waals surface area contributed by atoms with Gasteiger partial charge in [0.2, 0.25) is 0 Å². The van der Waals surface area contributed by atoms with E-state index in [1.807, 2.05) is 6.92 Å². The molecule has 0 spiro atoms. The lowest BCUT2D eigenvalue weighted by Gasteiger charge is -2.33. The van der Waals surface area contributed by atoms with Crippen LogP contribution in [0.3, 0.4) is 0 Å². The average molecular weight is 205 g/mol. The normalized spacial score (nSPS) is 28.5. The fourth-order valence-corrected chi connectivity index (χ4v) is 3.19. The van der Waals surface area contributed by atoms with Crippen molar-refractivity contribution in [3.8, 4) is 0 Å². The van der Waals surface area contributed by atoms with Crippen LogP contribution in [0, 0.1) is 5.92 Å². The number of hydrogen-bond donors (Lipinski definition) is 1. The molecule has 0 bridgehead atoms. The van der Waals surface area contributed by atoms with Gasteiger partial charge in [0.05, 0.1) is 5.75 Å². The highest BCUT2D eigenvalue weighted by molar-refractivity contribution is 7.91. The molecule has 1 aliphatic carbocycles. The zero-order valence-electron chi connectivity index (χ0n) is 8.20. The molecular formula is C9H19NO2S. The van der Waals surface area contributed by atoms with Gasteiger partial charge in [-0.2, -0.15) is 0 Å². The number of nitrogens with two attached hydrogens (primary N) is 1. The van der Waals surface area contributed by atoms with E-state index in [-0.39, 0.29) is 6.04 Å². The van der Waals surface area contributed by atoms with Gasteiger partial charge in [-0.25, -0.2) is 8.42 Å². The molecule has 0 saturated heterocycles. The number of sulfone groups is 1. The van der Waals surface area contributed by atoms with Crippen LogP contribution in [0.5, 0.6) is 0 Å². The highest BCUT2D eigenvalue weighted by Crippen LogP contribution is 2.28. The van der Waals surface area contributed by atoms with Gasteiger partial charge in [0.1, 0.15) is 9.84 Å². The molecule has 0 amide bonds. The number of rotatable bonds is 5. The van der Waals surface area contributed by atoms with Crippen molar-refractivity contribution in [3.05, 3.63) is 0 Å². The first-order valence-corrected chi connectivity index (χ1v) is 6.83. The van der Waals surface area contributed by atoms with E-state index < -0.39 is 9.84 Å². The van der Waals surface area contributed by atoms with E-state index in [2.05, 4.69) is 0 Å². The second-order valence-electron chi connectivity index (χ2n) is 3.94. The van der Waals surface area contributed by atoms with E-state index in [0.717, 1.165) is 25.7 Å². The first-order chi connectivity index (χ1) is 6.05. The molecule has 1 rings (SSSR count). The van der Waals surface area contributed by atoms with E-state index in [1.165, 1.54) is 0 Å². The van der Waals surface area contributed by atoms with Crippen molar-refractivity contribution in [1.29, 1.82) is 0 Å². The highest BCUT2D eigenvalue weighted by Gasteiger charge is 2.28. The molecule has 0 aliphatic heterocycles. The first-order valence-electron chi connectivity index (χ1n) is 5.01. The molecule has 2 atom stereocenters. The molecule has 1 fully saturated rings. The maximum atomic E-state index is 11.3. The van der Waals surface area contributed by atoms with Gasteiger partial charge in [0, 0.05) is 11.8 Å². The van der Waals surface area contributed by atoms with Crippen molar-refractivity contribution in [3.63, 3.8) is 0 Å². The molecule has 0 aromatic rings. The molecule has 1 aliphatic rings. The van der Waals surface area contributed by atoms with Gasteiger partial charge >= 0.3 is 0 Å². The minimum Gasteiger partial charge on any atom is -0.327 e. The smallest absolute Gasteiger partial charge is 0.150 e. The highest BCUT2D eigenvalue weighted by atomic mass is 32.2. The van der Waals surface area contributed by atoms with Gasteiger partial charge < -0.3 is 5.73 Å². The predicted molar refractivity (Wildman–Crippen MR) is 54.3 cm³/mol. The standard InChI is InChI=1S/C9H19NO2S/c1-2-6-13(11,12)7-5-8-3-4-9(8)10/h8-9H,2-7,10H2,1H3. The van der Waals surface area contributed by atoms with E-state index in [1.54, 1.807) is 0 Å². The van der Waals surface area contributed by atoms with Crippen molar-refractivity contribution in [2.24, 2.45) is 11.7 Å². The summed E-state index contributed by atoms with van der Waals surface area (Å²) in [6, 6.07) is 0.261. The minimum atomic E-state index is -2.78. The van der Waals surface area contributed by atoms with Gasteiger partial charge in [-0.15, -0.1) is 0 Å². The third-order valence-corrected chi connectivity index (χ3v) is 4.68. The molecule has 1 saturated carbocycles. The summed E-state index contributed by atoms with van der Waals surface area (Å²) in [4.78, 5) is 0. The Morgan fingerprint density at radius 3 is 2.38 bits per heavy atom. The second-order valence-corrected chi connectivity index (χ2v) is 6.25. The molecule has 0 heterocycles. The van der Waals surface area contributed by atoms with E-state index in [4.69, 9.17) is 5.73 Å². The Bertz CT molecular complexity index is 248. The molecule has 0 radical (unpaired) electrons. The summed E-state index contributed by atoms with van der Waals surface area (Å²) in [6.07, 6.45) is 3.67. The lowest BCUT2D eigenvalue weighted by molar-refractivity contribution is 0.250. The summed E-state index contributed by atoms with van der Waals surface area (Å²) in [5, 5.41) is 0. The summed E-state index contributed by atoms with van der Waals surface area (Å²) in [6.45, 7) is 1.90. The summed E-state index contributed by atoms with van der Waals surface area (Å²) < 4.78 is 22.7. The van der Waals surface area contributed by atoms with Crippen molar-refractivity contribution in [2.75, 3.05) is 11.5 Å². The van der Waals surface area contributed by atoms with Gasteiger partial charge in [0.25, 0.3) is 0 Å².